The number of benzene rings is 2. The van der Waals surface area contributed by atoms with Crippen molar-refractivity contribution in [1.29, 1.82) is 0 Å². The Labute approximate surface area is 141 Å². The van der Waals surface area contributed by atoms with E-state index in [1.165, 1.54) is 11.1 Å². The first kappa shape index (κ1) is 14.9. The van der Waals surface area contributed by atoms with Crippen LogP contribution in [0.15, 0.2) is 54.6 Å². The van der Waals surface area contributed by atoms with Crippen molar-refractivity contribution in [3.63, 3.8) is 0 Å². The summed E-state index contributed by atoms with van der Waals surface area (Å²) in [5.74, 6) is 0.0781. The molecule has 24 heavy (non-hydrogen) atoms. The van der Waals surface area contributed by atoms with Crippen LogP contribution >= 0.6 is 0 Å². The predicted octanol–water partition coefficient (Wildman–Crippen LogP) is 2.20. The third kappa shape index (κ3) is 2.39. The van der Waals surface area contributed by atoms with Crippen molar-refractivity contribution in [2.75, 3.05) is 13.6 Å². The van der Waals surface area contributed by atoms with Gasteiger partial charge in [0.1, 0.15) is 6.04 Å². The SMILES string of the molecule is CN1C[C@@H]2c3ccccc3C[C@H](C1=O)N2C(=O)Cc1ccccc1. The molecule has 4 nitrogen and oxygen atoms in total. The Bertz CT molecular complexity index is 787. The highest BCUT2D eigenvalue weighted by molar-refractivity contribution is 5.91. The monoisotopic (exact) mass is 320 g/mol. The van der Waals surface area contributed by atoms with Gasteiger partial charge in [-0.25, -0.2) is 0 Å². The first-order valence-electron chi connectivity index (χ1n) is 8.33. The predicted molar refractivity (Wildman–Crippen MR) is 91.3 cm³/mol. The zero-order chi connectivity index (χ0) is 16.7. The molecule has 0 aliphatic carbocycles. The summed E-state index contributed by atoms with van der Waals surface area (Å²) in [5, 5.41) is 0. The maximum absolute atomic E-state index is 13.0. The summed E-state index contributed by atoms with van der Waals surface area (Å²) >= 11 is 0. The highest BCUT2D eigenvalue weighted by Crippen LogP contribution is 2.37. The second-order valence-electron chi connectivity index (χ2n) is 6.62. The van der Waals surface area contributed by atoms with Crippen molar-refractivity contribution in [1.82, 2.24) is 9.80 Å². The van der Waals surface area contributed by atoms with Crippen LogP contribution in [0, 0.1) is 0 Å². The quantitative estimate of drug-likeness (QED) is 0.851. The number of carbonyl (C=O) groups excluding carboxylic acids is 2. The Morgan fingerprint density at radius 1 is 1.04 bits per heavy atom. The molecule has 1 fully saturated rings. The summed E-state index contributed by atoms with van der Waals surface area (Å²) in [7, 11) is 1.83. The third-order valence-corrected chi connectivity index (χ3v) is 5.09. The normalized spacial score (nSPS) is 22.3. The summed E-state index contributed by atoms with van der Waals surface area (Å²) in [6.07, 6.45) is 0.948. The van der Waals surface area contributed by atoms with Crippen LogP contribution in [0.1, 0.15) is 22.7 Å². The van der Waals surface area contributed by atoms with E-state index in [1.54, 1.807) is 4.90 Å². The lowest BCUT2D eigenvalue weighted by Crippen LogP contribution is -2.62. The molecular formula is C20H20N2O2. The molecule has 0 unspecified atom stereocenters. The molecule has 2 aliphatic rings. The summed E-state index contributed by atoms with van der Waals surface area (Å²) in [6.45, 7) is 0.562. The van der Waals surface area contributed by atoms with E-state index in [0.717, 1.165) is 5.56 Å². The number of rotatable bonds is 2. The van der Waals surface area contributed by atoms with Gasteiger partial charge in [-0.3, -0.25) is 9.59 Å². The van der Waals surface area contributed by atoms with Crippen LogP contribution < -0.4 is 0 Å². The van der Waals surface area contributed by atoms with Gasteiger partial charge in [0, 0.05) is 20.0 Å². The Hall–Kier alpha value is -2.62. The number of hydrogen-bond acceptors (Lipinski definition) is 2. The van der Waals surface area contributed by atoms with Crippen LogP contribution in [0.5, 0.6) is 0 Å². The standard InChI is InChI=1S/C20H20N2O2/c1-21-13-18-16-10-6-5-9-15(16)12-17(20(21)24)22(18)19(23)11-14-7-3-2-4-8-14/h2-10,17-18H,11-13H2,1H3/t17-,18-/m1/s1. The van der Waals surface area contributed by atoms with Crippen molar-refractivity contribution < 1.29 is 9.59 Å². The first-order valence-corrected chi connectivity index (χ1v) is 8.33. The van der Waals surface area contributed by atoms with E-state index in [2.05, 4.69) is 12.1 Å². The van der Waals surface area contributed by atoms with E-state index in [0.29, 0.717) is 19.4 Å². The van der Waals surface area contributed by atoms with E-state index in [9.17, 15) is 9.59 Å². The maximum Gasteiger partial charge on any atom is 0.245 e. The highest BCUT2D eigenvalue weighted by Gasteiger charge is 2.46. The fourth-order valence-electron chi connectivity index (χ4n) is 3.92. The fraction of sp³-hybridized carbons (Fsp3) is 0.300. The lowest BCUT2D eigenvalue weighted by molar-refractivity contribution is -0.155. The van der Waals surface area contributed by atoms with Gasteiger partial charge in [-0.05, 0) is 16.7 Å². The molecule has 0 saturated carbocycles. The van der Waals surface area contributed by atoms with E-state index in [-0.39, 0.29) is 23.9 Å². The Morgan fingerprint density at radius 3 is 2.54 bits per heavy atom. The smallest absolute Gasteiger partial charge is 0.245 e. The summed E-state index contributed by atoms with van der Waals surface area (Å²) in [4.78, 5) is 29.2. The van der Waals surface area contributed by atoms with Gasteiger partial charge in [0.2, 0.25) is 11.8 Å². The van der Waals surface area contributed by atoms with Crippen LogP contribution in [-0.2, 0) is 22.4 Å². The number of likely N-dealkylation sites (N-methyl/N-ethyl adjacent to an activating group) is 1. The van der Waals surface area contributed by atoms with Crippen molar-refractivity contribution in [3.05, 3.63) is 71.3 Å². The van der Waals surface area contributed by atoms with E-state index < -0.39 is 0 Å². The third-order valence-electron chi connectivity index (χ3n) is 5.09. The van der Waals surface area contributed by atoms with Crippen molar-refractivity contribution >= 4 is 11.8 Å². The van der Waals surface area contributed by atoms with Crippen molar-refractivity contribution in [2.24, 2.45) is 0 Å². The fourth-order valence-corrected chi connectivity index (χ4v) is 3.92. The van der Waals surface area contributed by atoms with Gasteiger partial charge in [-0.2, -0.15) is 0 Å². The Kier molecular flexibility index (Phi) is 3.60. The summed E-state index contributed by atoms with van der Waals surface area (Å²) in [6, 6.07) is 17.5. The van der Waals surface area contributed by atoms with Crippen LogP contribution in [0.25, 0.3) is 0 Å². The second kappa shape index (κ2) is 5.78. The summed E-state index contributed by atoms with van der Waals surface area (Å²) in [5.41, 5.74) is 3.35. The Morgan fingerprint density at radius 2 is 1.75 bits per heavy atom. The van der Waals surface area contributed by atoms with Crippen LogP contribution in [0.4, 0.5) is 0 Å². The molecular weight excluding hydrogens is 300 g/mol. The van der Waals surface area contributed by atoms with E-state index in [4.69, 9.17) is 0 Å². The van der Waals surface area contributed by atoms with Crippen molar-refractivity contribution in [2.45, 2.75) is 24.9 Å². The van der Waals surface area contributed by atoms with Crippen LogP contribution in [0.3, 0.4) is 0 Å². The van der Waals surface area contributed by atoms with E-state index in [1.807, 2.05) is 54.4 Å². The van der Waals surface area contributed by atoms with Gasteiger partial charge in [0.25, 0.3) is 0 Å². The molecule has 0 aromatic heterocycles. The van der Waals surface area contributed by atoms with Gasteiger partial charge in [-0.1, -0.05) is 54.6 Å². The largest absolute Gasteiger partial charge is 0.342 e. The molecule has 2 atom stereocenters. The van der Waals surface area contributed by atoms with E-state index >= 15 is 0 Å². The van der Waals surface area contributed by atoms with Gasteiger partial charge >= 0.3 is 0 Å². The maximum atomic E-state index is 13.0. The number of carbonyl (C=O) groups is 2. The Balaban J connectivity index is 1.70. The van der Waals surface area contributed by atoms with Gasteiger partial charge in [0.15, 0.2) is 0 Å². The lowest BCUT2D eigenvalue weighted by atomic mass is 9.84. The molecule has 2 aromatic carbocycles. The number of nitrogens with zero attached hydrogens (tertiary/aromatic N) is 2. The molecule has 2 aromatic rings. The molecule has 1 saturated heterocycles. The molecule has 0 radical (unpaired) electrons. The number of amides is 2. The van der Waals surface area contributed by atoms with Crippen molar-refractivity contribution in [3.8, 4) is 0 Å². The average molecular weight is 320 g/mol. The number of hydrogen-bond donors (Lipinski definition) is 0. The zero-order valence-electron chi connectivity index (χ0n) is 13.7. The van der Waals surface area contributed by atoms with Crippen LogP contribution in [-0.4, -0.2) is 41.2 Å². The number of fused-ring (bicyclic) bond motifs is 4. The molecule has 0 N–H and O–H groups in total. The topological polar surface area (TPSA) is 40.6 Å². The molecule has 122 valence electrons. The molecule has 0 spiro atoms. The minimum absolute atomic E-state index is 0.0344. The minimum atomic E-state index is -0.375. The molecule has 4 heteroatoms. The highest BCUT2D eigenvalue weighted by atomic mass is 16.2. The first-order chi connectivity index (χ1) is 11.6. The van der Waals surface area contributed by atoms with Gasteiger partial charge in [0.05, 0.1) is 12.5 Å². The number of piperazine rings is 1. The molecule has 2 heterocycles. The second-order valence-corrected chi connectivity index (χ2v) is 6.62. The molecule has 2 amide bonds. The van der Waals surface area contributed by atoms with Gasteiger partial charge in [-0.15, -0.1) is 0 Å². The van der Waals surface area contributed by atoms with Gasteiger partial charge < -0.3 is 9.80 Å². The zero-order valence-corrected chi connectivity index (χ0v) is 13.7. The summed E-state index contributed by atoms with van der Waals surface area (Å²) < 4.78 is 0. The molecule has 2 aliphatic heterocycles. The average Bonchev–Trinajstić information content (AvgIpc) is 2.60. The minimum Gasteiger partial charge on any atom is -0.342 e. The van der Waals surface area contributed by atoms with Crippen LogP contribution in [0.2, 0.25) is 0 Å². The molecule has 2 bridgehead atoms. The lowest BCUT2D eigenvalue weighted by Gasteiger charge is -2.49. The molecule has 4 rings (SSSR count).